The van der Waals surface area contributed by atoms with Gasteiger partial charge in [-0.1, -0.05) is 12.8 Å². The van der Waals surface area contributed by atoms with Crippen LogP contribution in [0.15, 0.2) is 35.0 Å². The number of amides is 2. The van der Waals surface area contributed by atoms with Crippen LogP contribution >= 0.6 is 11.3 Å². The third-order valence-corrected chi connectivity index (χ3v) is 5.54. The van der Waals surface area contributed by atoms with E-state index in [0.717, 1.165) is 35.4 Å². The fourth-order valence-electron chi connectivity index (χ4n) is 3.57. The smallest absolute Gasteiger partial charge is 0.322 e. The molecule has 0 aliphatic heterocycles. The van der Waals surface area contributed by atoms with Crippen LogP contribution in [0.2, 0.25) is 0 Å². The highest BCUT2D eigenvalue weighted by Gasteiger charge is 2.27. The van der Waals surface area contributed by atoms with Crippen molar-refractivity contribution in [2.75, 3.05) is 5.32 Å². The molecule has 130 valence electrons. The second-order valence-corrected chi connectivity index (χ2v) is 7.46. The highest BCUT2D eigenvalue weighted by Crippen LogP contribution is 2.26. The lowest BCUT2D eigenvalue weighted by Crippen LogP contribution is -2.41. The van der Waals surface area contributed by atoms with Crippen LogP contribution in [-0.4, -0.2) is 26.9 Å². The lowest BCUT2D eigenvalue weighted by molar-refractivity contribution is 0.185. The second kappa shape index (κ2) is 6.88. The normalized spacial score (nSPS) is 14.9. The third-order valence-electron chi connectivity index (χ3n) is 4.81. The summed E-state index contributed by atoms with van der Waals surface area (Å²) in [5.41, 5.74) is 3.86. The Morgan fingerprint density at radius 1 is 1.36 bits per heavy atom. The standard InChI is InChI=1S/C19H22N4OS/c1-13-20-17-7-6-15(10-18(17)21-13)22-19(24)23(16-4-2-3-5-16)11-14-8-9-25-12-14/h6-10,12,16H,2-5,11H2,1H3,(H,20,21)(H,22,24). The molecule has 0 radical (unpaired) electrons. The molecular weight excluding hydrogens is 332 g/mol. The Morgan fingerprint density at radius 3 is 2.96 bits per heavy atom. The Bertz CT molecular complexity index is 865. The highest BCUT2D eigenvalue weighted by molar-refractivity contribution is 7.07. The summed E-state index contributed by atoms with van der Waals surface area (Å²) in [5.74, 6) is 0.878. The van der Waals surface area contributed by atoms with Crippen LogP contribution in [0.3, 0.4) is 0 Å². The molecule has 2 amide bonds. The van der Waals surface area contributed by atoms with Crippen LogP contribution in [0.5, 0.6) is 0 Å². The molecule has 2 N–H and O–H groups in total. The van der Waals surface area contributed by atoms with Gasteiger partial charge >= 0.3 is 6.03 Å². The van der Waals surface area contributed by atoms with Gasteiger partial charge in [0, 0.05) is 18.3 Å². The first-order valence-electron chi connectivity index (χ1n) is 8.74. The molecule has 1 saturated carbocycles. The summed E-state index contributed by atoms with van der Waals surface area (Å²) in [6.07, 6.45) is 4.60. The van der Waals surface area contributed by atoms with Gasteiger partial charge in [0.25, 0.3) is 0 Å². The first-order valence-corrected chi connectivity index (χ1v) is 9.68. The van der Waals surface area contributed by atoms with E-state index < -0.39 is 0 Å². The molecule has 0 unspecified atom stereocenters. The fraction of sp³-hybridized carbons (Fsp3) is 0.368. The quantitative estimate of drug-likeness (QED) is 0.699. The summed E-state index contributed by atoms with van der Waals surface area (Å²) in [4.78, 5) is 22.6. The van der Waals surface area contributed by atoms with Gasteiger partial charge in [-0.05, 0) is 60.4 Å². The number of carbonyl (C=O) groups excluding carboxylic acids is 1. The molecule has 4 rings (SSSR count). The molecule has 6 heteroatoms. The van der Waals surface area contributed by atoms with Crippen molar-refractivity contribution >= 4 is 34.1 Å². The Morgan fingerprint density at radius 2 is 2.20 bits per heavy atom. The molecule has 1 aliphatic carbocycles. The van der Waals surface area contributed by atoms with Gasteiger partial charge in [-0.15, -0.1) is 0 Å². The average molecular weight is 354 g/mol. The van der Waals surface area contributed by atoms with Crippen LogP contribution in [0.25, 0.3) is 11.0 Å². The lowest BCUT2D eigenvalue weighted by Gasteiger charge is -2.29. The zero-order valence-electron chi connectivity index (χ0n) is 14.3. The molecule has 0 spiro atoms. The number of aromatic amines is 1. The summed E-state index contributed by atoms with van der Waals surface area (Å²) in [6, 6.07) is 8.21. The number of aryl methyl sites for hydroxylation is 1. The van der Waals surface area contributed by atoms with Gasteiger partial charge < -0.3 is 15.2 Å². The van der Waals surface area contributed by atoms with E-state index in [1.165, 1.54) is 18.4 Å². The molecule has 2 heterocycles. The van der Waals surface area contributed by atoms with E-state index in [9.17, 15) is 4.79 Å². The van der Waals surface area contributed by atoms with E-state index in [1.807, 2.05) is 30.0 Å². The molecule has 0 saturated heterocycles. The molecule has 5 nitrogen and oxygen atoms in total. The first kappa shape index (κ1) is 16.1. The van der Waals surface area contributed by atoms with Crippen molar-refractivity contribution in [3.05, 3.63) is 46.4 Å². The van der Waals surface area contributed by atoms with E-state index in [2.05, 4.69) is 32.1 Å². The Balaban J connectivity index is 1.53. The Kier molecular flexibility index (Phi) is 4.44. The minimum atomic E-state index is -0.0197. The van der Waals surface area contributed by atoms with Gasteiger partial charge in [-0.2, -0.15) is 11.3 Å². The molecule has 25 heavy (non-hydrogen) atoms. The van der Waals surface area contributed by atoms with Gasteiger partial charge in [0.15, 0.2) is 0 Å². The van der Waals surface area contributed by atoms with Crippen LogP contribution in [0.1, 0.15) is 37.1 Å². The van der Waals surface area contributed by atoms with Crippen molar-refractivity contribution in [3.8, 4) is 0 Å². The molecule has 0 atom stereocenters. The van der Waals surface area contributed by atoms with E-state index in [1.54, 1.807) is 11.3 Å². The highest BCUT2D eigenvalue weighted by atomic mass is 32.1. The average Bonchev–Trinajstić information content (AvgIpc) is 3.33. The largest absolute Gasteiger partial charge is 0.342 e. The third kappa shape index (κ3) is 3.54. The number of fused-ring (bicyclic) bond motifs is 1. The van der Waals surface area contributed by atoms with Crippen molar-refractivity contribution in [2.45, 2.75) is 45.2 Å². The van der Waals surface area contributed by atoms with Crippen molar-refractivity contribution in [3.63, 3.8) is 0 Å². The van der Waals surface area contributed by atoms with Crippen molar-refractivity contribution in [1.29, 1.82) is 0 Å². The topological polar surface area (TPSA) is 61.0 Å². The minimum absolute atomic E-state index is 0.0197. The zero-order chi connectivity index (χ0) is 17.2. The second-order valence-electron chi connectivity index (χ2n) is 6.68. The summed E-state index contributed by atoms with van der Waals surface area (Å²) in [5, 5.41) is 7.26. The fourth-order valence-corrected chi connectivity index (χ4v) is 4.23. The van der Waals surface area contributed by atoms with Gasteiger partial charge in [0.2, 0.25) is 0 Å². The maximum Gasteiger partial charge on any atom is 0.322 e. The number of hydrogen-bond donors (Lipinski definition) is 2. The molecule has 3 aromatic rings. The van der Waals surface area contributed by atoms with Crippen LogP contribution in [0.4, 0.5) is 10.5 Å². The molecule has 1 fully saturated rings. The van der Waals surface area contributed by atoms with Crippen LogP contribution < -0.4 is 5.32 Å². The van der Waals surface area contributed by atoms with Gasteiger partial charge in [-0.25, -0.2) is 9.78 Å². The predicted molar refractivity (Wildman–Crippen MR) is 102 cm³/mol. The predicted octanol–water partition coefficient (Wildman–Crippen LogP) is 4.91. The Hall–Kier alpha value is -2.34. The van der Waals surface area contributed by atoms with E-state index in [4.69, 9.17) is 0 Å². The monoisotopic (exact) mass is 354 g/mol. The van der Waals surface area contributed by atoms with Crippen molar-refractivity contribution in [2.24, 2.45) is 0 Å². The van der Waals surface area contributed by atoms with E-state index in [-0.39, 0.29) is 6.03 Å². The number of urea groups is 1. The molecule has 1 aliphatic rings. The van der Waals surface area contributed by atoms with Crippen molar-refractivity contribution in [1.82, 2.24) is 14.9 Å². The maximum absolute atomic E-state index is 13.0. The number of rotatable bonds is 4. The summed E-state index contributed by atoms with van der Waals surface area (Å²) in [7, 11) is 0. The SMILES string of the molecule is Cc1nc2ccc(NC(=O)N(Cc3ccsc3)C3CCCC3)cc2[nH]1. The lowest BCUT2D eigenvalue weighted by atomic mass is 10.2. The van der Waals surface area contributed by atoms with Crippen LogP contribution in [0, 0.1) is 6.92 Å². The molecule has 1 aromatic carbocycles. The number of hydrogen-bond acceptors (Lipinski definition) is 3. The maximum atomic E-state index is 13.0. The number of thiophene rings is 1. The Labute approximate surface area is 151 Å². The summed E-state index contributed by atoms with van der Waals surface area (Å²) >= 11 is 1.67. The molecule has 2 aromatic heterocycles. The van der Waals surface area contributed by atoms with Gasteiger partial charge in [-0.3, -0.25) is 0 Å². The number of anilines is 1. The van der Waals surface area contributed by atoms with E-state index >= 15 is 0 Å². The minimum Gasteiger partial charge on any atom is -0.342 e. The van der Waals surface area contributed by atoms with Crippen LogP contribution in [-0.2, 0) is 6.54 Å². The van der Waals surface area contributed by atoms with Gasteiger partial charge in [0.1, 0.15) is 5.82 Å². The van der Waals surface area contributed by atoms with E-state index in [0.29, 0.717) is 12.6 Å². The number of carbonyl (C=O) groups is 1. The number of imidazole rings is 1. The van der Waals surface area contributed by atoms with Crippen molar-refractivity contribution < 1.29 is 4.79 Å². The summed E-state index contributed by atoms with van der Waals surface area (Å²) < 4.78 is 0. The first-order chi connectivity index (χ1) is 12.2. The molecule has 0 bridgehead atoms. The van der Waals surface area contributed by atoms with Gasteiger partial charge in [0.05, 0.1) is 11.0 Å². The number of nitrogens with one attached hydrogen (secondary N) is 2. The number of nitrogens with zero attached hydrogens (tertiary/aromatic N) is 2. The number of aromatic nitrogens is 2. The summed E-state index contributed by atoms with van der Waals surface area (Å²) in [6.45, 7) is 2.60. The molecular formula is C19H22N4OS. The zero-order valence-corrected chi connectivity index (χ0v) is 15.1. The number of H-pyrrole nitrogens is 1. The number of benzene rings is 1.